The highest BCUT2D eigenvalue weighted by molar-refractivity contribution is 5.06. The molecule has 4 heteroatoms. The summed E-state index contributed by atoms with van der Waals surface area (Å²) in [5, 5.41) is 10.7. The van der Waals surface area contributed by atoms with Crippen molar-refractivity contribution in [1.82, 2.24) is 0 Å². The molecule has 0 aromatic carbocycles. The van der Waals surface area contributed by atoms with E-state index in [-0.39, 0.29) is 18.3 Å². The highest BCUT2D eigenvalue weighted by Crippen LogP contribution is 2.59. The molecule has 0 amide bonds. The van der Waals surface area contributed by atoms with Crippen molar-refractivity contribution in [3.8, 4) is 0 Å². The largest absolute Gasteiger partial charge is 0.389 e. The van der Waals surface area contributed by atoms with Crippen LogP contribution in [0.3, 0.4) is 0 Å². The fourth-order valence-corrected chi connectivity index (χ4v) is 4.75. The molecule has 4 bridgehead atoms. The van der Waals surface area contributed by atoms with E-state index in [0.29, 0.717) is 11.8 Å². The molecule has 4 rings (SSSR count). The molecule has 1 nitrogen and oxygen atoms in total. The number of aliphatic hydroxyl groups is 1. The van der Waals surface area contributed by atoms with Crippen LogP contribution in [0.15, 0.2) is 0 Å². The third-order valence-electron chi connectivity index (χ3n) is 5.36. The summed E-state index contributed by atoms with van der Waals surface area (Å²) in [5.41, 5.74) is -1.01. The highest BCUT2D eigenvalue weighted by Gasteiger charge is 2.56. The zero-order valence-corrected chi connectivity index (χ0v) is 9.84. The van der Waals surface area contributed by atoms with Crippen molar-refractivity contribution >= 4 is 0 Å². The first kappa shape index (κ1) is 11.8. The van der Waals surface area contributed by atoms with Crippen LogP contribution in [0.4, 0.5) is 13.2 Å². The molecule has 0 atom stereocenters. The summed E-state index contributed by atoms with van der Waals surface area (Å²) < 4.78 is 37.0. The van der Waals surface area contributed by atoms with Gasteiger partial charge in [-0.25, -0.2) is 0 Å². The predicted octanol–water partition coefficient (Wildman–Crippen LogP) is 3.52. The molecular formula is C13H19F3O. The van der Waals surface area contributed by atoms with Gasteiger partial charge in [0.1, 0.15) is 0 Å². The second-order valence-electron chi connectivity index (χ2n) is 6.41. The maximum atomic E-state index is 12.3. The van der Waals surface area contributed by atoms with Gasteiger partial charge in [-0.2, -0.15) is 13.2 Å². The van der Waals surface area contributed by atoms with E-state index in [2.05, 4.69) is 0 Å². The lowest BCUT2D eigenvalue weighted by Crippen LogP contribution is -2.57. The van der Waals surface area contributed by atoms with Crippen molar-refractivity contribution in [3.05, 3.63) is 0 Å². The predicted molar refractivity (Wildman–Crippen MR) is 57.3 cm³/mol. The van der Waals surface area contributed by atoms with Gasteiger partial charge in [-0.05, 0) is 62.2 Å². The van der Waals surface area contributed by atoms with Gasteiger partial charge < -0.3 is 5.11 Å². The Morgan fingerprint density at radius 2 is 1.41 bits per heavy atom. The van der Waals surface area contributed by atoms with Crippen LogP contribution in [-0.2, 0) is 0 Å². The maximum absolute atomic E-state index is 12.3. The molecular weight excluding hydrogens is 229 g/mol. The Kier molecular flexibility index (Phi) is 2.52. The van der Waals surface area contributed by atoms with Gasteiger partial charge in [0.05, 0.1) is 5.60 Å². The van der Waals surface area contributed by atoms with Crippen molar-refractivity contribution < 1.29 is 18.3 Å². The van der Waals surface area contributed by atoms with Crippen molar-refractivity contribution in [2.24, 2.45) is 23.7 Å². The van der Waals surface area contributed by atoms with Crippen LogP contribution in [0.25, 0.3) is 0 Å². The molecule has 0 unspecified atom stereocenters. The van der Waals surface area contributed by atoms with E-state index in [1.807, 2.05) is 0 Å². The lowest BCUT2D eigenvalue weighted by Gasteiger charge is -2.59. The van der Waals surface area contributed by atoms with E-state index in [9.17, 15) is 18.3 Å². The van der Waals surface area contributed by atoms with Crippen LogP contribution in [0, 0.1) is 23.7 Å². The minimum absolute atomic E-state index is 0.0781. The Morgan fingerprint density at radius 1 is 0.941 bits per heavy atom. The molecule has 0 radical (unpaired) electrons. The summed E-state index contributed by atoms with van der Waals surface area (Å²) in [4.78, 5) is 0. The molecule has 0 aliphatic heterocycles. The van der Waals surface area contributed by atoms with Gasteiger partial charge >= 0.3 is 6.18 Å². The third kappa shape index (κ3) is 1.98. The number of alkyl halides is 3. The first-order chi connectivity index (χ1) is 7.87. The average molecular weight is 248 g/mol. The molecule has 4 aliphatic rings. The molecule has 4 aliphatic carbocycles. The van der Waals surface area contributed by atoms with E-state index in [0.717, 1.165) is 25.7 Å². The quantitative estimate of drug-likeness (QED) is 0.792. The maximum Gasteiger partial charge on any atom is 0.389 e. The molecule has 0 spiro atoms. The van der Waals surface area contributed by atoms with Crippen LogP contribution in [-0.4, -0.2) is 16.9 Å². The second-order valence-corrected chi connectivity index (χ2v) is 6.41. The number of halogens is 3. The van der Waals surface area contributed by atoms with Gasteiger partial charge in [-0.15, -0.1) is 0 Å². The SMILES string of the molecule is OC1(CCC(F)(F)F)C2CC3CC(C2)CC1C3. The number of hydrogen-bond donors (Lipinski definition) is 1. The smallest absolute Gasteiger partial charge is 0.389 e. The Bertz CT molecular complexity index is 282. The second kappa shape index (κ2) is 3.62. The first-order valence-corrected chi connectivity index (χ1v) is 6.66. The van der Waals surface area contributed by atoms with E-state index >= 15 is 0 Å². The summed E-state index contributed by atoms with van der Waals surface area (Å²) in [6, 6.07) is 0. The Morgan fingerprint density at radius 3 is 1.82 bits per heavy atom. The minimum atomic E-state index is -4.13. The van der Waals surface area contributed by atoms with Crippen molar-refractivity contribution in [2.75, 3.05) is 0 Å². The molecule has 0 heterocycles. The molecule has 17 heavy (non-hydrogen) atoms. The Labute approximate surface area is 99.4 Å². The monoisotopic (exact) mass is 248 g/mol. The van der Waals surface area contributed by atoms with Gasteiger partial charge in [-0.3, -0.25) is 0 Å². The fraction of sp³-hybridized carbons (Fsp3) is 1.00. The molecule has 0 aromatic heterocycles. The van der Waals surface area contributed by atoms with Gasteiger partial charge in [-0.1, -0.05) is 0 Å². The number of hydrogen-bond acceptors (Lipinski definition) is 1. The molecule has 4 saturated carbocycles. The lowest BCUT2D eigenvalue weighted by atomic mass is 9.49. The fourth-order valence-electron chi connectivity index (χ4n) is 4.75. The molecule has 0 saturated heterocycles. The van der Waals surface area contributed by atoms with Crippen molar-refractivity contribution in [2.45, 2.75) is 56.7 Å². The summed E-state index contributed by atoms with van der Waals surface area (Å²) in [6.45, 7) is 0. The summed E-state index contributed by atoms with van der Waals surface area (Å²) >= 11 is 0. The van der Waals surface area contributed by atoms with E-state index < -0.39 is 18.2 Å². The average Bonchev–Trinajstić information content (AvgIpc) is 2.21. The van der Waals surface area contributed by atoms with Gasteiger partial charge in [0, 0.05) is 6.42 Å². The van der Waals surface area contributed by atoms with E-state index in [4.69, 9.17) is 0 Å². The number of rotatable bonds is 2. The van der Waals surface area contributed by atoms with Crippen LogP contribution >= 0.6 is 0 Å². The zero-order chi connectivity index (χ0) is 12.3. The van der Waals surface area contributed by atoms with Crippen LogP contribution in [0.1, 0.15) is 44.9 Å². The zero-order valence-electron chi connectivity index (χ0n) is 9.84. The van der Waals surface area contributed by atoms with E-state index in [1.165, 1.54) is 6.42 Å². The van der Waals surface area contributed by atoms with Crippen LogP contribution in [0.5, 0.6) is 0 Å². The summed E-state index contributed by atoms with van der Waals surface area (Å²) in [7, 11) is 0. The molecule has 0 aromatic rings. The van der Waals surface area contributed by atoms with Gasteiger partial charge in [0.25, 0.3) is 0 Å². The molecule has 98 valence electrons. The Balaban J connectivity index is 1.73. The molecule has 4 fully saturated rings. The summed E-state index contributed by atoms with van der Waals surface area (Å²) in [6.07, 6.45) is 0.0509. The van der Waals surface area contributed by atoms with Gasteiger partial charge in [0.2, 0.25) is 0 Å². The lowest BCUT2D eigenvalue weighted by molar-refractivity contribution is -0.199. The third-order valence-corrected chi connectivity index (χ3v) is 5.36. The first-order valence-electron chi connectivity index (χ1n) is 6.66. The topological polar surface area (TPSA) is 20.2 Å². The summed E-state index contributed by atoms with van der Waals surface area (Å²) in [5.74, 6) is 1.65. The van der Waals surface area contributed by atoms with E-state index in [1.54, 1.807) is 0 Å². The normalized spacial score (nSPS) is 48.7. The highest BCUT2D eigenvalue weighted by atomic mass is 19.4. The Hall–Kier alpha value is -0.250. The van der Waals surface area contributed by atoms with Crippen molar-refractivity contribution in [3.63, 3.8) is 0 Å². The van der Waals surface area contributed by atoms with Crippen molar-refractivity contribution in [1.29, 1.82) is 0 Å². The van der Waals surface area contributed by atoms with Crippen LogP contribution < -0.4 is 0 Å². The molecule has 1 N–H and O–H groups in total. The van der Waals surface area contributed by atoms with Crippen LogP contribution in [0.2, 0.25) is 0 Å². The van der Waals surface area contributed by atoms with Gasteiger partial charge in [0.15, 0.2) is 0 Å². The standard InChI is InChI=1S/C13H19F3O/c14-13(15,16)2-1-12(17)10-4-8-3-9(6-10)7-11(12)5-8/h8-11,17H,1-7H2. The minimum Gasteiger partial charge on any atom is -0.389 e.